The first kappa shape index (κ1) is 14.5. The summed E-state index contributed by atoms with van der Waals surface area (Å²) in [7, 11) is 0. The van der Waals surface area contributed by atoms with Crippen LogP contribution in [0.25, 0.3) is 5.57 Å². The molecule has 1 aromatic carbocycles. The molecule has 0 atom stereocenters. The highest BCUT2D eigenvalue weighted by Gasteiger charge is 2.08. The van der Waals surface area contributed by atoms with Gasteiger partial charge in [-0.25, -0.2) is 0 Å². The molecule has 0 aliphatic heterocycles. The number of hydrogen-bond acceptors (Lipinski definition) is 1. The van der Waals surface area contributed by atoms with Crippen molar-refractivity contribution in [1.29, 1.82) is 0 Å². The van der Waals surface area contributed by atoms with E-state index in [2.05, 4.69) is 38.1 Å². The van der Waals surface area contributed by atoms with Crippen LogP contribution in [0.5, 0.6) is 0 Å². The Labute approximate surface area is 110 Å². The third-order valence-electron chi connectivity index (χ3n) is 3.18. The second-order valence-electron chi connectivity index (χ2n) is 4.40. The van der Waals surface area contributed by atoms with Gasteiger partial charge in [-0.15, -0.1) is 0 Å². The molecule has 18 heavy (non-hydrogen) atoms. The first-order valence-corrected chi connectivity index (χ1v) is 6.68. The maximum atomic E-state index is 12.1. The van der Waals surface area contributed by atoms with Gasteiger partial charge in [-0.1, -0.05) is 36.8 Å². The Bertz CT molecular complexity index is 413. The number of likely N-dealkylation sites (N-methyl/N-ethyl adjacent to an activating group) is 1. The first-order valence-electron chi connectivity index (χ1n) is 6.68. The third kappa shape index (κ3) is 3.73. The van der Waals surface area contributed by atoms with Crippen LogP contribution in [0.1, 0.15) is 38.3 Å². The van der Waals surface area contributed by atoms with Crippen molar-refractivity contribution in [3.05, 3.63) is 41.5 Å². The van der Waals surface area contributed by atoms with E-state index in [0.29, 0.717) is 0 Å². The summed E-state index contributed by atoms with van der Waals surface area (Å²) in [4.78, 5) is 13.9. The average molecular weight is 245 g/mol. The van der Waals surface area contributed by atoms with E-state index < -0.39 is 0 Å². The van der Waals surface area contributed by atoms with Crippen LogP contribution in [-0.2, 0) is 4.79 Å². The first-order chi connectivity index (χ1) is 8.62. The normalized spacial score (nSPS) is 11.4. The smallest absolute Gasteiger partial charge is 0.246 e. The zero-order chi connectivity index (χ0) is 13.5. The van der Waals surface area contributed by atoms with Gasteiger partial charge in [-0.2, -0.15) is 0 Å². The van der Waals surface area contributed by atoms with Crippen LogP contribution in [0, 0.1) is 6.92 Å². The summed E-state index contributed by atoms with van der Waals surface area (Å²) in [5.74, 6) is 0.109. The summed E-state index contributed by atoms with van der Waals surface area (Å²) in [5.41, 5.74) is 3.49. The van der Waals surface area contributed by atoms with Crippen LogP contribution in [0.2, 0.25) is 0 Å². The lowest BCUT2D eigenvalue weighted by atomic mass is 10.0. The second-order valence-corrected chi connectivity index (χ2v) is 4.40. The van der Waals surface area contributed by atoms with E-state index in [1.54, 1.807) is 6.08 Å². The highest BCUT2D eigenvalue weighted by atomic mass is 16.2. The van der Waals surface area contributed by atoms with E-state index in [0.717, 1.165) is 30.6 Å². The fraction of sp³-hybridized carbons (Fsp3) is 0.438. The van der Waals surface area contributed by atoms with Gasteiger partial charge in [0, 0.05) is 19.2 Å². The van der Waals surface area contributed by atoms with Crippen LogP contribution in [0.15, 0.2) is 30.3 Å². The standard InChI is InChI=1S/C16H23NO/c1-5-14(12-16(18)17(6-2)7-3)15-10-8-13(4)9-11-15/h8-12H,5-7H2,1-4H3/b14-12-. The lowest BCUT2D eigenvalue weighted by Crippen LogP contribution is -2.28. The van der Waals surface area contributed by atoms with E-state index in [9.17, 15) is 4.79 Å². The fourth-order valence-corrected chi connectivity index (χ4v) is 1.93. The third-order valence-corrected chi connectivity index (χ3v) is 3.18. The Kier molecular flexibility index (Phi) is 5.63. The number of hydrogen-bond donors (Lipinski definition) is 0. The predicted molar refractivity (Wildman–Crippen MR) is 77.4 cm³/mol. The summed E-state index contributed by atoms with van der Waals surface area (Å²) in [6.07, 6.45) is 2.65. The van der Waals surface area contributed by atoms with Gasteiger partial charge in [0.2, 0.25) is 5.91 Å². The summed E-state index contributed by atoms with van der Waals surface area (Å²) >= 11 is 0. The van der Waals surface area contributed by atoms with Crippen molar-refractivity contribution in [1.82, 2.24) is 4.90 Å². The molecule has 0 aromatic heterocycles. The van der Waals surface area contributed by atoms with Gasteiger partial charge in [0.15, 0.2) is 0 Å². The Hall–Kier alpha value is -1.57. The van der Waals surface area contributed by atoms with Crippen molar-refractivity contribution >= 4 is 11.5 Å². The van der Waals surface area contributed by atoms with E-state index in [-0.39, 0.29) is 5.91 Å². The molecule has 1 rings (SSSR count). The molecule has 2 nitrogen and oxygen atoms in total. The van der Waals surface area contributed by atoms with Gasteiger partial charge in [-0.3, -0.25) is 4.79 Å². The molecule has 0 aliphatic carbocycles. The maximum Gasteiger partial charge on any atom is 0.246 e. The van der Waals surface area contributed by atoms with Crippen molar-refractivity contribution in [2.45, 2.75) is 34.1 Å². The summed E-state index contributed by atoms with van der Waals surface area (Å²) < 4.78 is 0. The molecule has 0 radical (unpaired) electrons. The molecular formula is C16H23NO. The molecule has 0 spiro atoms. The largest absolute Gasteiger partial charge is 0.340 e. The number of amides is 1. The molecular weight excluding hydrogens is 222 g/mol. The number of rotatable bonds is 5. The topological polar surface area (TPSA) is 20.3 Å². The van der Waals surface area contributed by atoms with Crippen molar-refractivity contribution in [2.75, 3.05) is 13.1 Å². The van der Waals surface area contributed by atoms with Crippen molar-refractivity contribution in [3.8, 4) is 0 Å². The Morgan fingerprint density at radius 3 is 2.11 bits per heavy atom. The minimum Gasteiger partial charge on any atom is -0.340 e. The minimum atomic E-state index is 0.109. The van der Waals surface area contributed by atoms with Gasteiger partial charge in [0.1, 0.15) is 0 Å². The van der Waals surface area contributed by atoms with Gasteiger partial charge >= 0.3 is 0 Å². The van der Waals surface area contributed by atoms with E-state index in [4.69, 9.17) is 0 Å². The number of allylic oxidation sites excluding steroid dienone is 1. The lowest BCUT2D eigenvalue weighted by molar-refractivity contribution is -0.125. The molecule has 1 amide bonds. The van der Waals surface area contributed by atoms with Crippen molar-refractivity contribution < 1.29 is 4.79 Å². The zero-order valence-electron chi connectivity index (χ0n) is 11.9. The molecule has 0 bridgehead atoms. The number of nitrogens with zero attached hydrogens (tertiary/aromatic N) is 1. The summed E-state index contributed by atoms with van der Waals surface area (Å²) in [6.45, 7) is 9.69. The number of carbonyl (C=O) groups excluding carboxylic acids is 1. The van der Waals surface area contributed by atoms with E-state index in [1.807, 2.05) is 18.7 Å². The lowest BCUT2D eigenvalue weighted by Gasteiger charge is -2.17. The SMILES string of the molecule is CC/C(=C/C(=O)N(CC)CC)c1ccc(C)cc1. The van der Waals surface area contributed by atoms with Gasteiger partial charge in [0.05, 0.1) is 0 Å². The van der Waals surface area contributed by atoms with Gasteiger partial charge in [-0.05, 0) is 38.3 Å². The van der Waals surface area contributed by atoms with Crippen LogP contribution in [0.4, 0.5) is 0 Å². The Morgan fingerprint density at radius 2 is 1.67 bits per heavy atom. The average Bonchev–Trinajstić information content (AvgIpc) is 2.38. The molecule has 1 aromatic rings. The fourth-order valence-electron chi connectivity index (χ4n) is 1.93. The molecule has 0 fully saturated rings. The molecule has 0 heterocycles. The molecule has 0 saturated carbocycles. The van der Waals surface area contributed by atoms with Crippen LogP contribution in [0.3, 0.4) is 0 Å². The molecule has 98 valence electrons. The maximum absolute atomic E-state index is 12.1. The summed E-state index contributed by atoms with van der Waals surface area (Å²) in [5, 5.41) is 0. The minimum absolute atomic E-state index is 0.109. The molecule has 0 aliphatic rings. The molecule has 0 saturated heterocycles. The highest BCUT2D eigenvalue weighted by molar-refractivity contribution is 5.95. The number of aryl methyl sites for hydroxylation is 1. The van der Waals surface area contributed by atoms with Crippen molar-refractivity contribution in [3.63, 3.8) is 0 Å². The van der Waals surface area contributed by atoms with Crippen molar-refractivity contribution in [2.24, 2.45) is 0 Å². The van der Waals surface area contributed by atoms with Crippen LogP contribution < -0.4 is 0 Å². The molecule has 0 unspecified atom stereocenters. The number of carbonyl (C=O) groups is 1. The second kappa shape index (κ2) is 7.00. The van der Waals surface area contributed by atoms with E-state index in [1.165, 1.54) is 5.56 Å². The highest BCUT2D eigenvalue weighted by Crippen LogP contribution is 2.18. The Balaban J connectivity index is 2.95. The monoisotopic (exact) mass is 245 g/mol. The van der Waals surface area contributed by atoms with Gasteiger partial charge < -0.3 is 4.90 Å². The van der Waals surface area contributed by atoms with Crippen LogP contribution in [-0.4, -0.2) is 23.9 Å². The quantitative estimate of drug-likeness (QED) is 0.725. The molecule has 2 heteroatoms. The Morgan fingerprint density at radius 1 is 1.11 bits per heavy atom. The zero-order valence-corrected chi connectivity index (χ0v) is 11.9. The van der Waals surface area contributed by atoms with Crippen LogP contribution >= 0.6 is 0 Å². The predicted octanol–water partition coefficient (Wildman–Crippen LogP) is 3.66. The van der Waals surface area contributed by atoms with E-state index >= 15 is 0 Å². The molecule has 0 N–H and O–H groups in total. The number of benzene rings is 1. The van der Waals surface area contributed by atoms with Gasteiger partial charge in [0.25, 0.3) is 0 Å². The summed E-state index contributed by atoms with van der Waals surface area (Å²) in [6, 6.07) is 8.34.